The van der Waals surface area contributed by atoms with E-state index in [-0.39, 0.29) is 11.1 Å². The number of carbonyl (C=O) groups is 2. The Labute approximate surface area is 97.0 Å². The summed E-state index contributed by atoms with van der Waals surface area (Å²) in [6.07, 6.45) is 0. The number of nitrogens with zero attached hydrogens (tertiary/aromatic N) is 1. The summed E-state index contributed by atoms with van der Waals surface area (Å²) in [7, 11) is 0. The Morgan fingerprint density at radius 1 is 1.24 bits per heavy atom. The van der Waals surface area contributed by atoms with Gasteiger partial charge >= 0.3 is 5.97 Å². The van der Waals surface area contributed by atoms with E-state index in [2.05, 4.69) is 0 Å². The molecule has 1 aromatic carbocycles. The molecule has 0 heterocycles. The maximum Gasteiger partial charge on any atom is 0.336 e. The molecule has 90 valence electrons. The molecule has 1 aromatic rings. The van der Waals surface area contributed by atoms with Crippen LogP contribution in [0.25, 0.3) is 0 Å². The molecule has 0 saturated carbocycles. The van der Waals surface area contributed by atoms with Gasteiger partial charge in [0.05, 0.1) is 5.56 Å². The normalized spacial score (nSPS) is 10.0. The lowest BCUT2D eigenvalue weighted by Gasteiger charge is -2.07. The molecule has 0 bridgehead atoms. The zero-order chi connectivity index (χ0) is 13.2. The first kappa shape index (κ1) is 12.8. The van der Waals surface area contributed by atoms with E-state index in [1.54, 1.807) is 13.8 Å². The maximum atomic E-state index is 11.5. The van der Waals surface area contributed by atoms with Crippen molar-refractivity contribution in [3.8, 4) is 0 Å². The number of carboxylic acid groups (broad SMARTS) is 1. The fourth-order valence-electron chi connectivity index (χ4n) is 1.43. The summed E-state index contributed by atoms with van der Waals surface area (Å²) in [6.45, 7) is 2.52. The van der Waals surface area contributed by atoms with E-state index in [0.717, 1.165) is 11.1 Å². The Morgan fingerprint density at radius 2 is 1.71 bits per heavy atom. The van der Waals surface area contributed by atoms with Gasteiger partial charge < -0.3 is 5.11 Å². The van der Waals surface area contributed by atoms with E-state index in [4.69, 9.17) is 5.11 Å². The number of rotatable bonds is 4. The number of aryl methyl sites for hydroxylation is 2. The van der Waals surface area contributed by atoms with Crippen LogP contribution in [-0.4, -0.2) is 28.3 Å². The molecule has 0 aliphatic rings. The molecule has 17 heavy (non-hydrogen) atoms. The predicted molar refractivity (Wildman–Crippen MR) is 59.1 cm³/mol. The second kappa shape index (κ2) is 4.73. The lowest BCUT2D eigenvalue weighted by atomic mass is 9.97. The molecular weight excluding hydrogens is 226 g/mol. The Kier molecular flexibility index (Phi) is 3.57. The van der Waals surface area contributed by atoms with Gasteiger partial charge in [0.15, 0.2) is 0 Å². The van der Waals surface area contributed by atoms with Crippen molar-refractivity contribution in [3.63, 3.8) is 0 Å². The van der Waals surface area contributed by atoms with Gasteiger partial charge in [-0.2, -0.15) is 0 Å². The predicted octanol–water partition coefficient (Wildman–Crippen LogP) is 1.46. The van der Waals surface area contributed by atoms with Crippen LogP contribution in [0.2, 0.25) is 0 Å². The van der Waals surface area contributed by atoms with E-state index in [9.17, 15) is 19.7 Å². The number of Topliss-reactive ketones (excluding diaryl/α,β-unsaturated/α-hetero) is 1. The third-order valence-electron chi connectivity index (χ3n) is 2.44. The summed E-state index contributed by atoms with van der Waals surface area (Å²) in [5.74, 6) is -2.06. The third kappa shape index (κ3) is 2.87. The molecule has 1 N–H and O–H groups in total. The standard InChI is InChI=1S/C11H11NO5/c1-6-3-8(10(13)5-12(16)17)9(11(14)15)4-7(6)2/h3-4H,5H2,1-2H3,(H,14,15). The molecular formula is C11H11NO5. The number of carbonyl (C=O) groups excluding carboxylic acids is 1. The summed E-state index contributed by atoms with van der Waals surface area (Å²) >= 11 is 0. The molecule has 0 unspecified atom stereocenters. The average Bonchev–Trinajstić information content (AvgIpc) is 2.19. The molecule has 0 atom stereocenters. The summed E-state index contributed by atoms with van der Waals surface area (Å²) in [5.41, 5.74) is 1.14. The van der Waals surface area contributed by atoms with Gasteiger partial charge in [0.2, 0.25) is 5.78 Å². The van der Waals surface area contributed by atoms with Gasteiger partial charge in [-0.05, 0) is 37.1 Å². The number of nitro groups is 1. The molecule has 0 radical (unpaired) electrons. The molecule has 0 aromatic heterocycles. The number of hydrogen-bond donors (Lipinski definition) is 1. The monoisotopic (exact) mass is 237 g/mol. The number of hydrogen-bond acceptors (Lipinski definition) is 4. The molecule has 0 aliphatic carbocycles. The first-order chi connectivity index (χ1) is 7.82. The molecule has 0 spiro atoms. The molecule has 0 saturated heterocycles. The summed E-state index contributed by atoms with van der Waals surface area (Å²) in [6, 6.07) is 2.73. The van der Waals surface area contributed by atoms with E-state index in [1.165, 1.54) is 12.1 Å². The van der Waals surface area contributed by atoms with Crippen molar-refractivity contribution >= 4 is 11.8 Å². The van der Waals surface area contributed by atoms with E-state index in [0.29, 0.717) is 0 Å². The van der Waals surface area contributed by atoms with Crippen molar-refractivity contribution in [1.82, 2.24) is 0 Å². The van der Waals surface area contributed by atoms with Crippen LogP contribution in [0.1, 0.15) is 31.8 Å². The second-order valence-corrected chi connectivity index (χ2v) is 3.70. The van der Waals surface area contributed by atoms with Crippen LogP contribution < -0.4 is 0 Å². The van der Waals surface area contributed by atoms with Crippen molar-refractivity contribution in [2.75, 3.05) is 6.54 Å². The van der Waals surface area contributed by atoms with E-state index < -0.39 is 23.2 Å². The Balaban J connectivity index is 3.30. The smallest absolute Gasteiger partial charge is 0.336 e. The van der Waals surface area contributed by atoms with Gasteiger partial charge in [-0.15, -0.1) is 0 Å². The van der Waals surface area contributed by atoms with Crippen molar-refractivity contribution in [1.29, 1.82) is 0 Å². The highest BCUT2D eigenvalue weighted by Crippen LogP contribution is 2.17. The van der Waals surface area contributed by atoms with Gasteiger partial charge in [-0.1, -0.05) is 0 Å². The summed E-state index contributed by atoms with van der Waals surface area (Å²) in [5, 5.41) is 19.2. The quantitative estimate of drug-likeness (QED) is 0.485. The summed E-state index contributed by atoms with van der Waals surface area (Å²) < 4.78 is 0. The van der Waals surface area contributed by atoms with Crippen LogP contribution in [0, 0.1) is 24.0 Å². The highest BCUT2D eigenvalue weighted by Gasteiger charge is 2.21. The van der Waals surface area contributed by atoms with Crippen molar-refractivity contribution in [2.24, 2.45) is 0 Å². The van der Waals surface area contributed by atoms with Gasteiger partial charge in [-0.3, -0.25) is 14.9 Å². The zero-order valence-electron chi connectivity index (χ0n) is 9.39. The largest absolute Gasteiger partial charge is 0.478 e. The molecule has 6 heteroatoms. The zero-order valence-corrected chi connectivity index (χ0v) is 9.39. The van der Waals surface area contributed by atoms with Gasteiger partial charge in [0.25, 0.3) is 6.54 Å². The van der Waals surface area contributed by atoms with E-state index in [1.807, 2.05) is 0 Å². The summed E-state index contributed by atoms with van der Waals surface area (Å²) in [4.78, 5) is 32.0. The molecule has 0 fully saturated rings. The lowest BCUT2D eigenvalue weighted by Crippen LogP contribution is -2.17. The van der Waals surface area contributed by atoms with Crippen LogP contribution in [-0.2, 0) is 0 Å². The van der Waals surface area contributed by atoms with Gasteiger partial charge in [-0.25, -0.2) is 4.79 Å². The van der Waals surface area contributed by atoms with Crippen molar-refractivity contribution < 1.29 is 19.6 Å². The first-order valence-corrected chi connectivity index (χ1v) is 4.82. The topological polar surface area (TPSA) is 97.5 Å². The molecule has 1 rings (SSSR count). The lowest BCUT2D eigenvalue weighted by molar-refractivity contribution is -0.465. The van der Waals surface area contributed by atoms with Crippen LogP contribution in [0.5, 0.6) is 0 Å². The maximum absolute atomic E-state index is 11.5. The minimum Gasteiger partial charge on any atom is -0.478 e. The fourth-order valence-corrected chi connectivity index (χ4v) is 1.43. The van der Waals surface area contributed by atoms with Crippen LogP contribution in [0.15, 0.2) is 12.1 Å². The highest BCUT2D eigenvalue weighted by molar-refractivity contribution is 6.06. The average molecular weight is 237 g/mol. The Morgan fingerprint density at radius 3 is 2.12 bits per heavy atom. The van der Waals surface area contributed by atoms with Crippen molar-refractivity contribution in [2.45, 2.75) is 13.8 Å². The fraction of sp³-hybridized carbons (Fsp3) is 0.273. The second-order valence-electron chi connectivity index (χ2n) is 3.70. The van der Waals surface area contributed by atoms with E-state index >= 15 is 0 Å². The third-order valence-corrected chi connectivity index (χ3v) is 2.44. The number of benzene rings is 1. The number of ketones is 1. The van der Waals surface area contributed by atoms with Crippen LogP contribution >= 0.6 is 0 Å². The highest BCUT2D eigenvalue weighted by atomic mass is 16.6. The minimum absolute atomic E-state index is 0.114. The Bertz CT molecular complexity index is 507. The van der Waals surface area contributed by atoms with Crippen molar-refractivity contribution in [3.05, 3.63) is 44.5 Å². The van der Waals surface area contributed by atoms with Crippen LogP contribution in [0.4, 0.5) is 0 Å². The molecule has 0 aliphatic heterocycles. The SMILES string of the molecule is Cc1cc(C(=O)O)c(C(=O)C[N+](=O)[O-])cc1C. The Hall–Kier alpha value is -2.24. The molecule has 0 amide bonds. The minimum atomic E-state index is -1.26. The number of carboxylic acids is 1. The molecule has 6 nitrogen and oxygen atoms in total. The van der Waals surface area contributed by atoms with Gasteiger partial charge in [0, 0.05) is 10.5 Å². The first-order valence-electron chi connectivity index (χ1n) is 4.82. The van der Waals surface area contributed by atoms with Gasteiger partial charge in [0.1, 0.15) is 0 Å². The number of aromatic carboxylic acids is 1. The van der Waals surface area contributed by atoms with Crippen LogP contribution in [0.3, 0.4) is 0 Å².